The Morgan fingerprint density at radius 1 is 1.54 bits per heavy atom. The molecule has 6 heteroatoms. The van der Waals surface area contributed by atoms with E-state index in [0.29, 0.717) is 0 Å². The number of hydrogen-bond acceptors (Lipinski definition) is 5. The summed E-state index contributed by atoms with van der Waals surface area (Å²) in [5, 5.41) is 16.5. The van der Waals surface area contributed by atoms with E-state index in [0.717, 1.165) is 6.20 Å². The predicted molar refractivity (Wildman–Crippen MR) is 42.6 cm³/mol. The lowest BCUT2D eigenvalue weighted by Crippen LogP contribution is -2.34. The number of nitrogens with one attached hydrogen (secondary N) is 2. The second kappa shape index (κ2) is 6.50. The zero-order valence-corrected chi connectivity index (χ0v) is 7.00. The molecule has 0 bridgehead atoms. The summed E-state index contributed by atoms with van der Waals surface area (Å²) in [6.07, 6.45) is 0.394. The van der Waals surface area contributed by atoms with Crippen LogP contribution in [0.5, 0.6) is 0 Å². The van der Waals surface area contributed by atoms with Crippen LogP contribution in [0, 0.1) is 22.7 Å². The fourth-order valence-corrected chi connectivity index (χ4v) is 0.424. The normalized spacial score (nSPS) is 7.31. The van der Waals surface area contributed by atoms with E-state index >= 15 is 0 Å². The van der Waals surface area contributed by atoms with E-state index in [1.165, 1.54) is 0 Å². The molecule has 0 aromatic heterocycles. The average molecular weight is 180 g/mol. The Labute approximate surface area is 75.4 Å². The summed E-state index contributed by atoms with van der Waals surface area (Å²) in [5.41, 5.74) is 4.19. The number of rotatable bonds is 3. The summed E-state index contributed by atoms with van der Waals surface area (Å²) >= 11 is 0. The number of hydrogen-bond donors (Lipinski definition) is 2. The van der Waals surface area contributed by atoms with Crippen LogP contribution in [0.2, 0.25) is 0 Å². The first-order chi connectivity index (χ1) is 6.24. The second-order valence-corrected chi connectivity index (χ2v) is 1.77. The minimum absolute atomic E-state index is 0.142. The molecule has 0 aromatic rings. The van der Waals surface area contributed by atoms with Gasteiger partial charge < -0.3 is 10.2 Å². The third kappa shape index (κ3) is 5.10. The monoisotopic (exact) mass is 180 g/mol. The molecule has 13 heavy (non-hydrogen) atoms. The van der Waals surface area contributed by atoms with Gasteiger partial charge in [0.15, 0.2) is 0 Å². The molecule has 0 radical (unpaired) electrons. The van der Waals surface area contributed by atoms with Crippen LogP contribution >= 0.6 is 0 Å². The Kier molecular flexibility index (Phi) is 5.39. The molecule has 0 aliphatic carbocycles. The number of hydrazine groups is 1. The Bertz CT molecular complexity index is 268. The van der Waals surface area contributed by atoms with Gasteiger partial charge in [0.2, 0.25) is 0 Å². The molecule has 0 unspecified atom stereocenters. The van der Waals surface area contributed by atoms with E-state index in [9.17, 15) is 4.79 Å². The van der Waals surface area contributed by atoms with Crippen molar-refractivity contribution in [2.24, 2.45) is 0 Å². The number of nitriles is 2. The van der Waals surface area contributed by atoms with Crippen molar-refractivity contribution < 1.29 is 9.53 Å². The van der Waals surface area contributed by atoms with Crippen LogP contribution in [-0.4, -0.2) is 12.7 Å². The summed E-state index contributed by atoms with van der Waals surface area (Å²) in [4.78, 5) is 10.6. The zero-order chi connectivity index (χ0) is 10.1. The van der Waals surface area contributed by atoms with Gasteiger partial charge in [0, 0.05) is 6.20 Å². The molecule has 2 N–H and O–H groups in total. The van der Waals surface area contributed by atoms with Crippen LogP contribution in [0.4, 0.5) is 4.79 Å². The van der Waals surface area contributed by atoms with Crippen LogP contribution in [0.3, 0.4) is 0 Å². The maximum atomic E-state index is 10.6. The van der Waals surface area contributed by atoms with Crippen LogP contribution in [0.1, 0.15) is 6.92 Å². The maximum Gasteiger partial charge on any atom is 0.425 e. The number of ether oxygens (including phenoxy) is 1. The summed E-state index contributed by atoms with van der Waals surface area (Å²) in [7, 11) is 0. The highest BCUT2D eigenvalue weighted by Crippen LogP contribution is 1.83. The maximum absolute atomic E-state index is 10.6. The van der Waals surface area contributed by atoms with Crippen molar-refractivity contribution in [2.45, 2.75) is 6.92 Å². The first-order valence-corrected chi connectivity index (χ1v) is 3.43. The minimum atomic E-state index is -0.672. The third-order valence-corrected chi connectivity index (χ3v) is 0.907. The number of amides is 1. The van der Waals surface area contributed by atoms with Gasteiger partial charge in [-0.3, -0.25) is 0 Å². The van der Waals surface area contributed by atoms with Gasteiger partial charge in [0.25, 0.3) is 0 Å². The van der Waals surface area contributed by atoms with E-state index in [2.05, 4.69) is 15.6 Å². The van der Waals surface area contributed by atoms with Gasteiger partial charge in [-0.05, 0) is 6.92 Å². The lowest BCUT2D eigenvalue weighted by Gasteiger charge is -2.02. The third-order valence-electron chi connectivity index (χ3n) is 0.907. The van der Waals surface area contributed by atoms with Crippen molar-refractivity contribution in [1.82, 2.24) is 10.9 Å². The van der Waals surface area contributed by atoms with E-state index in [4.69, 9.17) is 10.5 Å². The molecule has 0 spiro atoms. The molecular weight excluding hydrogens is 172 g/mol. The molecule has 0 aliphatic rings. The van der Waals surface area contributed by atoms with Gasteiger partial charge in [0.1, 0.15) is 17.7 Å². The lowest BCUT2D eigenvalue weighted by atomic mass is 10.4. The van der Waals surface area contributed by atoms with Crippen molar-refractivity contribution in [3.8, 4) is 12.1 Å². The highest BCUT2D eigenvalue weighted by atomic mass is 16.5. The number of carbonyl (C=O) groups excluding carboxylic acids is 1. The summed E-state index contributed by atoms with van der Waals surface area (Å²) in [6, 6.07) is 3.21. The van der Waals surface area contributed by atoms with Gasteiger partial charge in [-0.15, -0.1) is 0 Å². The summed E-state index contributed by atoms with van der Waals surface area (Å²) in [6.45, 7) is 1.91. The fraction of sp³-hybridized carbons (Fsp3) is 0.286. The average Bonchev–Trinajstić information content (AvgIpc) is 2.13. The second-order valence-electron chi connectivity index (χ2n) is 1.77. The molecular formula is C7H8N4O2. The lowest BCUT2D eigenvalue weighted by molar-refractivity contribution is 0.149. The Morgan fingerprint density at radius 2 is 2.15 bits per heavy atom. The molecule has 0 saturated heterocycles. The zero-order valence-electron chi connectivity index (χ0n) is 7.00. The van der Waals surface area contributed by atoms with Crippen molar-refractivity contribution in [3.05, 3.63) is 11.8 Å². The molecule has 6 nitrogen and oxygen atoms in total. The van der Waals surface area contributed by atoms with E-state index in [1.54, 1.807) is 19.1 Å². The van der Waals surface area contributed by atoms with E-state index < -0.39 is 6.09 Å². The Morgan fingerprint density at radius 3 is 2.62 bits per heavy atom. The largest absolute Gasteiger partial charge is 0.449 e. The molecule has 68 valence electrons. The molecule has 1 amide bonds. The predicted octanol–water partition coefficient (Wildman–Crippen LogP) is 0.168. The molecule has 0 aliphatic heterocycles. The first-order valence-electron chi connectivity index (χ1n) is 3.43. The first kappa shape index (κ1) is 10.8. The topological polar surface area (TPSA) is 97.9 Å². The van der Waals surface area contributed by atoms with Gasteiger partial charge in [0.05, 0.1) is 6.61 Å². The minimum Gasteiger partial charge on any atom is -0.449 e. The Hall–Kier alpha value is -2.21. The van der Waals surface area contributed by atoms with E-state index in [1.807, 2.05) is 0 Å². The highest BCUT2D eigenvalue weighted by Gasteiger charge is 1.96. The summed E-state index contributed by atoms with van der Waals surface area (Å²) < 4.78 is 4.48. The van der Waals surface area contributed by atoms with Crippen LogP contribution in [0.15, 0.2) is 11.8 Å². The molecule has 0 heterocycles. The molecule has 0 aromatic carbocycles. The Balaban J connectivity index is 3.80. The van der Waals surface area contributed by atoms with Gasteiger partial charge in [-0.2, -0.15) is 10.5 Å². The van der Waals surface area contributed by atoms with E-state index in [-0.39, 0.29) is 12.2 Å². The molecule has 0 atom stereocenters. The molecule has 0 fully saturated rings. The fourth-order valence-electron chi connectivity index (χ4n) is 0.424. The van der Waals surface area contributed by atoms with Crippen molar-refractivity contribution in [1.29, 1.82) is 10.5 Å². The quantitative estimate of drug-likeness (QED) is 0.476. The molecule has 0 rings (SSSR count). The van der Waals surface area contributed by atoms with Crippen LogP contribution < -0.4 is 10.9 Å². The smallest absolute Gasteiger partial charge is 0.425 e. The highest BCUT2D eigenvalue weighted by molar-refractivity contribution is 5.66. The standard InChI is InChI=1S/C7H8N4O2/c1-2-13-7(12)11-10-5-6(3-8)4-9/h5,10H,2H2,1H3,(H,11,12). The van der Waals surface area contributed by atoms with Gasteiger partial charge in [-0.1, -0.05) is 0 Å². The van der Waals surface area contributed by atoms with Gasteiger partial charge in [-0.25, -0.2) is 10.2 Å². The number of nitrogens with zero attached hydrogens (tertiary/aromatic N) is 2. The van der Waals surface area contributed by atoms with Crippen LogP contribution in [-0.2, 0) is 4.74 Å². The van der Waals surface area contributed by atoms with Crippen molar-refractivity contribution >= 4 is 6.09 Å². The number of allylic oxidation sites excluding steroid dienone is 1. The van der Waals surface area contributed by atoms with Gasteiger partial charge >= 0.3 is 6.09 Å². The molecule has 0 saturated carbocycles. The summed E-state index contributed by atoms with van der Waals surface area (Å²) in [5.74, 6) is 0. The number of carbonyl (C=O) groups is 1. The SMILES string of the molecule is CCOC(=O)NNC=C(C#N)C#N. The van der Waals surface area contributed by atoms with Crippen molar-refractivity contribution in [2.75, 3.05) is 6.61 Å². The van der Waals surface area contributed by atoms with Crippen molar-refractivity contribution in [3.63, 3.8) is 0 Å². The van der Waals surface area contributed by atoms with Crippen LogP contribution in [0.25, 0.3) is 0 Å².